The molecule has 3 amide bonds. The van der Waals surface area contributed by atoms with Crippen LogP contribution in [0.25, 0.3) is 10.2 Å². The summed E-state index contributed by atoms with van der Waals surface area (Å²) in [6.07, 6.45) is 0.332. The van der Waals surface area contributed by atoms with E-state index in [1.165, 1.54) is 24.3 Å². The Bertz CT molecular complexity index is 1420. The number of hydrogen-bond acceptors (Lipinski definition) is 8. The summed E-state index contributed by atoms with van der Waals surface area (Å²) in [5, 5.41) is 0. The van der Waals surface area contributed by atoms with Crippen molar-refractivity contribution in [2.75, 3.05) is 18.1 Å². The lowest BCUT2D eigenvalue weighted by molar-refractivity contribution is -0.143. The minimum absolute atomic E-state index is 0.166. The average Bonchev–Trinajstić information content (AvgIpc) is 3.37. The number of carbonyl (C=O) groups is 5. The first-order valence-electron chi connectivity index (χ1n) is 11.3. The normalized spacial score (nSPS) is 13.9. The summed E-state index contributed by atoms with van der Waals surface area (Å²) in [4.78, 5) is 66.8. The number of aromatic nitrogens is 1. The summed E-state index contributed by atoms with van der Waals surface area (Å²) < 4.78 is 12.3. The van der Waals surface area contributed by atoms with Crippen LogP contribution in [-0.2, 0) is 30.4 Å². The van der Waals surface area contributed by atoms with Gasteiger partial charge in [0.05, 0.1) is 34.7 Å². The number of esters is 2. The quantitative estimate of drug-likeness (QED) is 0.354. The van der Waals surface area contributed by atoms with Crippen LogP contribution in [0.15, 0.2) is 47.5 Å². The molecule has 0 saturated carbocycles. The molecule has 0 aliphatic carbocycles. The zero-order valence-electron chi connectivity index (χ0n) is 19.7. The highest BCUT2D eigenvalue weighted by atomic mass is 32.1. The molecule has 0 bridgehead atoms. The van der Waals surface area contributed by atoms with Crippen molar-refractivity contribution in [2.24, 2.45) is 4.99 Å². The first-order chi connectivity index (χ1) is 17.3. The van der Waals surface area contributed by atoms with Crippen LogP contribution in [-0.4, -0.2) is 47.4 Å². The maximum Gasteiger partial charge on any atom is 0.338 e. The van der Waals surface area contributed by atoms with Crippen LogP contribution in [0.1, 0.15) is 47.4 Å². The first-order valence-corrected chi connectivity index (χ1v) is 12.1. The smallest absolute Gasteiger partial charge is 0.338 e. The van der Waals surface area contributed by atoms with E-state index >= 15 is 0 Å². The lowest BCUT2D eigenvalue weighted by Crippen LogP contribution is -2.28. The maximum atomic E-state index is 13.0. The molecule has 1 saturated heterocycles. The van der Waals surface area contributed by atoms with E-state index in [9.17, 15) is 24.0 Å². The molecule has 4 rings (SSSR count). The molecule has 0 radical (unpaired) electrons. The topological polar surface area (TPSA) is 124 Å². The van der Waals surface area contributed by atoms with E-state index in [1.54, 1.807) is 36.6 Å². The Balaban J connectivity index is 1.71. The maximum absolute atomic E-state index is 13.0. The molecule has 0 atom stereocenters. The number of fused-ring (bicyclic) bond motifs is 1. The standard InChI is InChI=1S/C25H23N3O7S/c1-3-34-22(31)14-27-18-10-7-16(24(33)35-4-2)13-19(18)36-25(27)26-23(32)15-5-8-17(9-6-15)28-20(29)11-12-21(28)30/h5-10,13H,3-4,11-12,14H2,1-2H3. The number of anilines is 1. The van der Waals surface area contributed by atoms with Gasteiger partial charge in [-0.05, 0) is 56.3 Å². The lowest BCUT2D eigenvalue weighted by Gasteiger charge is -2.13. The molecule has 0 unspecified atom stereocenters. The van der Waals surface area contributed by atoms with Crippen LogP contribution in [0.5, 0.6) is 0 Å². The van der Waals surface area contributed by atoms with Crippen molar-refractivity contribution in [2.45, 2.75) is 33.2 Å². The molecule has 11 heteroatoms. The molecule has 3 aromatic rings. The zero-order valence-corrected chi connectivity index (χ0v) is 20.5. The van der Waals surface area contributed by atoms with Crippen molar-refractivity contribution in [3.8, 4) is 0 Å². The monoisotopic (exact) mass is 509 g/mol. The zero-order chi connectivity index (χ0) is 25.8. The van der Waals surface area contributed by atoms with Crippen LogP contribution >= 0.6 is 11.3 Å². The number of amides is 3. The van der Waals surface area contributed by atoms with Gasteiger partial charge in [0.15, 0.2) is 4.80 Å². The van der Waals surface area contributed by atoms with E-state index < -0.39 is 17.8 Å². The number of nitrogens with zero attached hydrogens (tertiary/aromatic N) is 3. The summed E-state index contributed by atoms with van der Waals surface area (Å²) in [7, 11) is 0. The second-order valence-corrected chi connectivity index (χ2v) is 8.77. The van der Waals surface area contributed by atoms with Crippen molar-refractivity contribution < 1.29 is 33.4 Å². The van der Waals surface area contributed by atoms with E-state index in [0.29, 0.717) is 21.5 Å². The van der Waals surface area contributed by atoms with Crippen LogP contribution in [0, 0.1) is 0 Å². The van der Waals surface area contributed by atoms with E-state index in [0.717, 1.165) is 16.2 Å². The lowest BCUT2D eigenvalue weighted by atomic mass is 10.2. The molecule has 1 aliphatic heterocycles. The fourth-order valence-electron chi connectivity index (χ4n) is 3.76. The molecule has 2 aromatic carbocycles. The van der Waals surface area contributed by atoms with Gasteiger partial charge in [0, 0.05) is 18.4 Å². The summed E-state index contributed by atoms with van der Waals surface area (Å²) >= 11 is 1.14. The van der Waals surface area contributed by atoms with E-state index in [-0.39, 0.29) is 54.8 Å². The third-order valence-corrected chi connectivity index (χ3v) is 6.45. The van der Waals surface area contributed by atoms with Gasteiger partial charge in [-0.15, -0.1) is 0 Å². The van der Waals surface area contributed by atoms with E-state index in [4.69, 9.17) is 9.47 Å². The third kappa shape index (κ3) is 5.10. The summed E-state index contributed by atoms with van der Waals surface area (Å²) in [5.41, 5.74) is 1.58. The van der Waals surface area contributed by atoms with Crippen LogP contribution < -0.4 is 9.70 Å². The predicted molar refractivity (Wildman–Crippen MR) is 130 cm³/mol. The van der Waals surface area contributed by atoms with Crippen LogP contribution in [0.4, 0.5) is 5.69 Å². The van der Waals surface area contributed by atoms with Gasteiger partial charge in [0.2, 0.25) is 11.8 Å². The molecule has 186 valence electrons. The fraction of sp³-hybridized carbons (Fsp3) is 0.280. The number of carbonyl (C=O) groups excluding carboxylic acids is 5. The Morgan fingerprint density at radius 3 is 2.19 bits per heavy atom. The van der Waals surface area contributed by atoms with Crippen LogP contribution in [0.3, 0.4) is 0 Å². The number of rotatable bonds is 7. The summed E-state index contributed by atoms with van der Waals surface area (Å²) in [6.45, 7) is 3.68. The van der Waals surface area contributed by atoms with Crippen molar-refractivity contribution in [3.05, 3.63) is 58.4 Å². The highest BCUT2D eigenvalue weighted by Gasteiger charge is 2.30. The van der Waals surface area contributed by atoms with Gasteiger partial charge in [-0.1, -0.05) is 11.3 Å². The van der Waals surface area contributed by atoms with E-state index in [2.05, 4.69) is 4.99 Å². The summed E-state index contributed by atoms with van der Waals surface area (Å²) in [6, 6.07) is 10.9. The van der Waals surface area contributed by atoms with Gasteiger partial charge in [-0.3, -0.25) is 24.1 Å². The number of benzene rings is 2. The summed E-state index contributed by atoms with van der Waals surface area (Å²) in [5.74, 6) is -2.11. The molecule has 0 N–H and O–H groups in total. The van der Waals surface area contributed by atoms with Gasteiger partial charge in [-0.25, -0.2) is 4.79 Å². The number of imide groups is 1. The second-order valence-electron chi connectivity index (χ2n) is 7.77. The molecule has 0 spiro atoms. The van der Waals surface area contributed by atoms with Gasteiger partial charge in [0.1, 0.15) is 6.54 Å². The minimum Gasteiger partial charge on any atom is -0.465 e. The average molecular weight is 510 g/mol. The van der Waals surface area contributed by atoms with Gasteiger partial charge >= 0.3 is 11.9 Å². The molecule has 2 heterocycles. The Labute approximate surface area is 209 Å². The van der Waals surface area contributed by atoms with Crippen molar-refractivity contribution in [1.29, 1.82) is 0 Å². The number of hydrogen-bond donors (Lipinski definition) is 0. The predicted octanol–water partition coefficient (Wildman–Crippen LogP) is 2.84. The molecule has 1 aliphatic rings. The molecule has 36 heavy (non-hydrogen) atoms. The first kappa shape index (κ1) is 25.0. The Morgan fingerprint density at radius 2 is 1.56 bits per heavy atom. The fourth-order valence-corrected chi connectivity index (χ4v) is 4.82. The van der Waals surface area contributed by atoms with Crippen molar-refractivity contribution >= 4 is 56.9 Å². The van der Waals surface area contributed by atoms with Gasteiger partial charge in [0.25, 0.3) is 5.91 Å². The van der Waals surface area contributed by atoms with Gasteiger partial charge in [-0.2, -0.15) is 4.99 Å². The second kappa shape index (κ2) is 10.6. The minimum atomic E-state index is -0.574. The van der Waals surface area contributed by atoms with Gasteiger partial charge < -0.3 is 14.0 Å². The number of thiazole rings is 1. The molecule has 10 nitrogen and oxygen atoms in total. The number of ether oxygens (including phenoxy) is 2. The van der Waals surface area contributed by atoms with Crippen molar-refractivity contribution in [1.82, 2.24) is 4.57 Å². The molecule has 1 aromatic heterocycles. The van der Waals surface area contributed by atoms with Crippen LogP contribution in [0.2, 0.25) is 0 Å². The molecular weight excluding hydrogens is 486 g/mol. The molecular formula is C25H23N3O7S. The highest BCUT2D eigenvalue weighted by Crippen LogP contribution is 2.23. The van der Waals surface area contributed by atoms with E-state index in [1.807, 2.05) is 0 Å². The highest BCUT2D eigenvalue weighted by molar-refractivity contribution is 7.16. The molecule has 1 fully saturated rings. The Hall–Kier alpha value is -4.12. The largest absolute Gasteiger partial charge is 0.465 e. The SMILES string of the molecule is CCOC(=O)Cn1c(=NC(=O)c2ccc(N3C(=O)CCC3=O)cc2)sc2cc(C(=O)OCC)ccc21. The Kier molecular flexibility index (Phi) is 7.39. The van der Waals surface area contributed by atoms with Crippen molar-refractivity contribution in [3.63, 3.8) is 0 Å². The Morgan fingerprint density at radius 1 is 0.917 bits per heavy atom. The third-order valence-electron chi connectivity index (χ3n) is 5.41.